The lowest BCUT2D eigenvalue weighted by Gasteiger charge is -2.33. The molecule has 0 radical (unpaired) electrons. The number of alkyl carbamates (subject to hydrolysis) is 1. The molecule has 0 aromatic heterocycles. The van der Waals surface area contributed by atoms with Crippen LogP contribution in [0, 0.1) is 0 Å². The Morgan fingerprint density at radius 2 is 1.61 bits per heavy atom. The summed E-state index contributed by atoms with van der Waals surface area (Å²) in [7, 11) is -3.52. The van der Waals surface area contributed by atoms with Crippen LogP contribution in [0.5, 0.6) is 0 Å². The molecule has 0 atom stereocenters. The van der Waals surface area contributed by atoms with Crippen molar-refractivity contribution >= 4 is 21.8 Å². The lowest BCUT2D eigenvalue weighted by molar-refractivity contribution is 0.0480. The second kappa shape index (κ2) is 11.0. The van der Waals surface area contributed by atoms with Gasteiger partial charge in [0.15, 0.2) is 0 Å². The van der Waals surface area contributed by atoms with Gasteiger partial charge in [-0.25, -0.2) is 13.2 Å². The van der Waals surface area contributed by atoms with Crippen LogP contribution >= 0.6 is 0 Å². The van der Waals surface area contributed by atoms with Gasteiger partial charge in [0, 0.05) is 25.7 Å². The largest absolute Gasteiger partial charge is 0.444 e. The van der Waals surface area contributed by atoms with E-state index in [4.69, 9.17) is 4.74 Å². The predicted molar refractivity (Wildman–Crippen MR) is 132 cm³/mol. The lowest BCUT2D eigenvalue weighted by atomic mass is 10.1. The molecule has 0 unspecified atom stereocenters. The molecule has 1 aliphatic rings. The molecular weight excluding hydrogens is 438 g/mol. The molecule has 0 spiro atoms. The van der Waals surface area contributed by atoms with Crippen LogP contribution in [0.4, 0.5) is 10.5 Å². The van der Waals surface area contributed by atoms with Crippen LogP contribution in [0.2, 0.25) is 0 Å². The van der Waals surface area contributed by atoms with Gasteiger partial charge < -0.3 is 15.0 Å². The number of anilines is 1. The molecule has 8 heteroatoms. The zero-order valence-corrected chi connectivity index (χ0v) is 20.6. The van der Waals surface area contributed by atoms with E-state index in [1.54, 1.807) is 0 Å². The van der Waals surface area contributed by atoms with Gasteiger partial charge in [0.1, 0.15) is 5.60 Å². The van der Waals surface area contributed by atoms with Crippen molar-refractivity contribution in [1.29, 1.82) is 0 Å². The van der Waals surface area contributed by atoms with Gasteiger partial charge >= 0.3 is 6.09 Å². The summed E-state index contributed by atoms with van der Waals surface area (Å²) in [6.07, 6.45) is 1.14. The van der Waals surface area contributed by atoms with E-state index in [0.29, 0.717) is 18.8 Å². The van der Waals surface area contributed by atoms with Crippen molar-refractivity contribution in [3.63, 3.8) is 0 Å². The molecule has 1 N–H and O–H groups in total. The third-order valence-corrected chi connectivity index (χ3v) is 7.23. The first-order valence-corrected chi connectivity index (χ1v) is 13.0. The first-order valence-electron chi connectivity index (χ1n) is 11.4. The molecule has 2 aromatic carbocycles. The number of nitrogens with one attached hydrogen (secondary N) is 1. The normalized spacial score (nSPS) is 15.7. The summed E-state index contributed by atoms with van der Waals surface area (Å²) in [6.45, 7) is 7.75. The number of benzene rings is 2. The maximum absolute atomic E-state index is 13.3. The molecular formula is C25H35N3O4S. The molecule has 180 valence electrons. The van der Waals surface area contributed by atoms with Crippen LogP contribution < -0.4 is 9.62 Å². The number of likely N-dealkylation sites (tertiary alicyclic amines) is 1. The lowest BCUT2D eigenvalue weighted by Crippen LogP contribution is -2.47. The fraction of sp³-hybridized carbons (Fsp3) is 0.480. The monoisotopic (exact) mass is 473 g/mol. The molecule has 1 saturated heterocycles. The Labute approximate surface area is 197 Å². The molecule has 0 saturated carbocycles. The summed E-state index contributed by atoms with van der Waals surface area (Å²) < 4.78 is 33.5. The zero-order chi connectivity index (χ0) is 23.9. The minimum absolute atomic E-state index is 0.0406. The number of piperidine rings is 1. The Morgan fingerprint density at radius 3 is 2.18 bits per heavy atom. The minimum Gasteiger partial charge on any atom is -0.444 e. The average Bonchev–Trinajstić information content (AvgIpc) is 2.77. The molecule has 0 aliphatic carbocycles. The summed E-state index contributed by atoms with van der Waals surface area (Å²) in [5.74, 6) is 0.0406. The van der Waals surface area contributed by atoms with Gasteiger partial charge in [-0.1, -0.05) is 48.5 Å². The molecule has 0 bridgehead atoms. The first kappa shape index (κ1) is 25.1. The fourth-order valence-electron chi connectivity index (χ4n) is 3.82. The third kappa shape index (κ3) is 8.05. The van der Waals surface area contributed by atoms with Gasteiger partial charge in [-0.05, 0) is 51.3 Å². The van der Waals surface area contributed by atoms with Crippen molar-refractivity contribution in [2.24, 2.45) is 0 Å². The number of rotatable bonds is 8. The molecule has 33 heavy (non-hydrogen) atoms. The standard InChI is InChI=1S/C25H35N3O4S/c1-25(2,3)32-24(29)26-22-14-16-27(17-15-22)18-19-33(30,31)28(23-12-8-5-9-13-23)20-21-10-6-4-7-11-21/h4-13,22H,14-20H2,1-3H3,(H,26,29). The van der Waals surface area contributed by atoms with Crippen molar-refractivity contribution in [3.8, 4) is 0 Å². The van der Waals surface area contributed by atoms with E-state index in [0.717, 1.165) is 31.5 Å². The predicted octanol–water partition coefficient (Wildman–Crippen LogP) is 4.01. The van der Waals surface area contributed by atoms with Gasteiger partial charge in [-0.3, -0.25) is 4.31 Å². The summed E-state index contributed by atoms with van der Waals surface area (Å²) >= 11 is 0. The molecule has 1 amide bonds. The van der Waals surface area contributed by atoms with Gasteiger partial charge in [0.05, 0.1) is 18.0 Å². The quantitative estimate of drug-likeness (QED) is 0.627. The summed E-state index contributed by atoms with van der Waals surface area (Å²) in [5, 5.41) is 2.92. The molecule has 1 heterocycles. The average molecular weight is 474 g/mol. The molecule has 7 nitrogen and oxygen atoms in total. The van der Waals surface area contributed by atoms with Crippen LogP contribution in [0.15, 0.2) is 60.7 Å². The number of carbonyl (C=O) groups is 1. The minimum atomic E-state index is -3.52. The van der Waals surface area contributed by atoms with Crippen molar-refractivity contribution in [1.82, 2.24) is 10.2 Å². The highest BCUT2D eigenvalue weighted by molar-refractivity contribution is 7.92. The van der Waals surface area contributed by atoms with E-state index in [2.05, 4.69) is 10.2 Å². The number of amides is 1. The van der Waals surface area contributed by atoms with Crippen LogP contribution in [0.1, 0.15) is 39.2 Å². The van der Waals surface area contributed by atoms with Gasteiger partial charge in [-0.2, -0.15) is 0 Å². The van der Waals surface area contributed by atoms with Gasteiger partial charge in [-0.15, -0.1) is 0 Å². The summed E-state index contributed by atoms with van der Waals surface area (Å²) in [6, 6.07) is 18.9. The Kier molecular flexibility index (Phi) is 8.37. The highest BCUT2D eigenvalue weighted by atomic mass is 32.2. The number of para-hydroxylation sites is 1. The van der Waals surface area contributed by atoms with Crippen LogP contribution in [-0.4, -0.2) is 56.4 Å². The maximum Gasteiger partial charge on any atom is 0.407 e. The number of hydrogen-bond donors (Lipinski definition) is 1. The summed E-state index contributed by atoms with van der Waals surface area (Å²) in [5.41, 5.74) is 1.09. The molecule has 1 aliphatic heterocycles. The Bertz CT molecular complexity index is 983. The third-order valence-electron chi connectivity index (χ3n) is 5.52. The van der Waals surface area contributed by atoms with E-state index in [1.807, 2.05) is 81.4 Å². The number of nitrogens with zero attached hydrogens (tertiary/aromatic N) is 2. The highest BCUT2D eigenvalue weighted by Gasteiger charge is 2.27. The van der Waals surface area contributed by atoms with Crippen molar-refractivity contribution in [3.05, 3.63) is 66.2 Å². The SMILES string of the molecule is CC(C)(C)OC(=O)NC1CCN(CCS(=O)(=O)N(Cc2ccccc2)c2ccccc2)CC1. The number of hydrogen-bond acceptors (Lipinski definition) is 5. The van der Waals surface area contributed by atoms with Crippen LogP contribution in [-0.2, 0) is 21.3 Å². The Hall–Kier alpha value is -2.58. The van der Waals surface area contributed by atoms with E-state index >= 15 is 0 Å². The van der Waals surface area contributed by atoms with E-state index in [1.165, 1.54) is 4.31 Å². The Morgan fingerprint density at radius 1 is 1.03 bits per heavy atom. The van der Waals surface area contributed by atoms with E-state index in [-0.39, 0.29) is 11.8 Å². The molecule has 2 aromatic rings. The van der Waals surface area contributed by atoms with Crippen molar-refractivity contribution in [2.45, 2.75) is 51.8 Å². The first-order chi connectivity index (χ1) is 15.6. The summed E-state index contributed by atoms with van der Waals surface area (Å²) in [4.78, 5) is 14.1. The second-order valence-electron chi connectivity index (χ2n) is 9.41. The van der Waals surface area contributed by atoms with Crippen molar-refractivity contribution in [2.75, 3.05) is 29.7 Å². The highest BCUT2D eigenvalue weighted by Crippen LogP contribution is 2.22. The van der Waals surface area contributed by atoms with E-state index < -0.39 is 21.7 Å². The number of ether oxygens (including phenoxy) is 1. The van der Waals surface area contributed by atoms with Gasteiger partial charge in [0.25, 0.3) is 0 Å². The second-order valence-corrected chi connectivity index (χ2v) is 11.4. The maximum atomic E-state index is 13.3. The van der Waals surface area contributed by atoms with Crippen LogP contribution in [0.25, 0.3) is 0 Å². The topological polar surface area (TPSA) is 79.0 Å². The fourth-order valence-corrected chi connectivity index (χ4v) is 5.32. The van der Waals surface area contributed by atoms with E-state index in [9.17, 15) is 13.2 Å². The Balaban J connectivity index is 1.56. The number of sulfonamides is 1. The zero-order valence-electron chi connectivity index (χ0n) is 19.7. The van der Waals surface area contributed by atoms with Gasteiger partial charge in [0.2, 0.25) is 10.0 Å². The van der Waals surface area contributed by atoms with Crippen LogP contribution in [0.3, 0.4) is 0 Å². The molecule has 1 fully saturated rings. The van der Waals surface area contributed by atoms with Crippen molar-refractivity contribution < 1.29 is 17.9 Å². The molecule has 3 rings (SSSR count). The smallest absolute Gasteiger partial charge is 0.407 e. The number of carbonyl (C=O) groups excluding carboxylic acids is 1.